The third kappa shape index (κ3) is 3.57. The molecule has 1 saturated heterocycles. The summed E-state index contributed by atoms with van der Waals surface area (Å²) in [5, 5.41) is 0. The van der Waals surface area contributed by atoms with Crippen LogP contribution in [-0.2, 0) is 19.4 Å². The lowest BCUT2D eigenvalue weighted by atomic mass is 10.1. The predicted octanol–water partition coefficient (Wildman–Crippen LogP) is 2.99. The number of piperazine rings is 1. The lowest BCUT2D eigenvalue weighted by molar-refractivity contribution is 0.0944. The predicted molar refractivity (Wildman–Crippen MR) is 104 cm³/mol. The van der Waals surface area contributed by atoms with Gasteiger partial charge >= 0.3 is 0 Å². The summed E-state index contributed by atoms with van der Waals surface area (Å²) in [7, 11) is 3.42. The molecule has 1 aliphatic heterocycles. The maximum absolute atomic E-state index is 5.55. The Kier molecular flexibility index (Phi) is 5.14. The van der Waals surface area contributed by atoms with Gasteiger partial charge in [-0.25, -0.2) is 0 Å². The minimum Gasteiger partial charge on any atom is -0.497 e. The Labute approximate surface area is 156 Å². The van der Waals surface area contributed by atoms with Crippen molar-refractivity contribution in [3.63, 3.8) is 0 Å². The molecule has 1 aliphatic carbocycles. The van der Waals surface area contributed by atoms with Gasteiger partial charge in [-0.05, 0) is 30.0 Å². The van der Waals surface area contributed by atoms with Crippen molar-refractivity contribution in [2.75, 3.05) is 40.4 Å². The van der Waals surface area contributed by atoms with Crippen LogP contribution in [0, 0.1) is 0 Å². The lowest BCUT2D eigenvalue weighted by Gasteiger charge is -2.38. The molecule has 0 unspecified atom stereocenters. The van der Waals surface area contributed by atoms with Gasteiger partial charge < -0.3 is 9.47 Å². The molecule has 0 aromatic heterocycles. The standard InChI is InChI=1S/C22H28N2O2/c1-25-21-8-7-19(22(15-21)26-2)16-23-9-11-24(12-10-23)20-13-17-5-3-4-6-18(17)14-20/h3-8,15,20H,9-14,16H2,1-2H3. The molecule has 2 aromatic carbocycles. The van der Waals surface area contributed by atoms with E-state index < -0.39 is 0 Å². The number of methoxy groups -OCH3 is 2. The van der Waals surface area contributed by atoms with Crippen molar-refractivity contribution in [1.29, 1.82) is 0 Å². The number of hydrogen-bond acceptors (Lipinski definition) is 4. The van der Waals surface area contributed by atoms with Gasteiger partial charge in [0, 0.05) is 50.4 Å². The van der Waals surface area contributed by atoms with Gasteiger partial charge in [-0.1, -0.05) is 30.3 Å². The summed E-state index contributed by atoms with van der Waals surface area (Å²) in [5.41, 5.74) is 4.32. The molecule has 2 aromatic rings. The van der Waals surface area contributed by atoms with Crippen LogP contribution in [0.1, 0.15) is 16.7 Å². The minimum absolute atomic E-state index is 0.685. The average molecular weight is 352 g/mol. The summed E-state index contributed by atoms with van der Waals surface area (Å²) < 4.78 is 10.8. The number of rotatable bonds is 5. The summed E-state index contributed by atoms with van der Waals surface area (Å²) in [4.78, 5) is 5.21. The maximum atomic E-state index is 5.55. The van der Waals surface area contributed by atoms with Crippen LogP contribution in [0.4, 0.5) is 0 Å². The largest absolute Gasteiger partial charge is 0.497 e. The maximum Gasteiger partial charge on any atom is 0.127 e. The van der Waals surface area contributed by atoms with Crippen LogP contribution in [-0.4, -0.2) is 56.2 Å². The van der Waals surface area contributed by atoms with Gasteiger partial charge in [-0.15, -0.1) is 0 Å². The zero-order valence-electron chi connectivity index (χ0n) is 15.8. The molecule has 0 amide bonds. The van der Waals surface area contributed by atoms with Crippen molar-refractivity contribution in [2.24, 2.45) is 0 Å². The van der Waals surface area contributed by atoms with E-state index in [9.17, 15) is 0 Å². The highest BCUT2D eigenvalue weighted by atomic mass is 16.5. The Morgan fingerprint density at radius 1 is 0.885 bits per heavy atom. The summed E-state index contributed by atoms with van der Waals surface area (Å²) in [5.74, 6) is 1.76. The molecule has 0 bridgehead atoms. The van der Waals surface area contributed by atoms with Gasteiger partial charge in [0.1, 0.15) is 11.5 Å². The average Bonchev–Trinajstić information content (AvgIpc) is 3.13. The third-order valence-electron chi connectivity index (χ3n) is 5.84. The number of nitrogens with zero attached hydrogens (tertiary/aromatic N) is 2. The molecule has 0 saturated carbocycles. The first-order valence-electron chi connectivity index (χ1n) is 9.51. The number of hydrogen-bond donors (Lipinski definition) is 0. The smallest absolute Gasteiger partial charge is 0.127 e. The molecule has 2 aliphatic rings. The lowest BCUT2D eigenvalue weighted by Crippen LogP contribution is -2.50. The molecule has 138 valence electrons. The zero-order chi connectivity index (χ0) is 17.9. The molecule has 0 N–H and O–H groups in total. The second-order valence-electron chi connectivity index (χ2n) is 7.32. The molecule has 0 atom stereocenters. The molecule has 4 nitrogen and oxygen atoms in total. The normalized spacial score (nSPS) is 18.7. The Balaban J connectivity index is 1.33. The SMILES string of the molecule is COc1ccc(CN2CCN(C3Cc4ccccc4C3)CC2)c(OC)c1. The second kappa shape index (κ2) is 7.68. The van der Waals surface area contributed by atoms with E-state index >= 15 is 0 Å². The summed E-state index contributed by atoms with van der Waals surface area (Å²) in [6, 6.07) is 15.7. The van der Waals surface area contributed by atoms with Crippen molar-refractivity contribution < 1.29 is 9.47 Å². The van der Waals surface area contributed by atoms with E-state index in [0.717, 1.165) is 44.2 Å². The molecule has 1 fully saturated rings. The highest BCUT2D eigenvalue weighted by Crippen LogP contribution is 2.28. The van der Waals surface area contributed by atoms with E-state index in [2.05, 4.69) is 40.1 Å². The van der Waals surface area contributed by atoms with Crippen LogP contribution in [0.25, 0.3) is 0 Å². The minimum atomic E-state index is 0.685. The van der Waals surface area contributed by atoms with E-state index in [1.54, 1.807) is 25.3 Å². The van der Waals surface area contributed by atoms with Crippen LogP contribution >= 0.6 is 0 Å². The number of fused-ring (bicyclic) bond motifs is 1. The van der Waals surface area contributed by atoms with Crippen LogP contribution in [0.5, 0.6) is 11.5 Å². The van der Waals surface area contributed by atoms with Gasteiger partial charge in [-0.2, -0.15) is 0 Å². The molecule has 4 heteroatoms. The number of ether oxygens (including phenoxy) is 2. The first-order chi connectivity index (χ1) is 12.8. The van der Waals surface area contributed by atoms with Gasteiger partial charge in [0.15, 0.2) is 0 Å². The third-order valence-corrected chi connectivity index (χ3v) is 5.84. The molecule has 4 rings (SSSR count). The highest BCUT2D eigenvalue weighted by molar-refractivity contribution is 5.40. The summed E-state index contributed by atoms with van der Waals surface area (Å²) in [6.07, 6.45) is 2.42. The van der Waals surface area contributed by atoms with Crippen molar-refractivity contribution in [3.05, 3.63) is 59.2 Å². The Morgan fingerprint density at radius 3 is 2.19 bits per heavy atom. The van der Waals surface area contributed by atoms with E-state index in [1.807, 2.05) is 12.1 Å². The summed E-state index contributed by atoms with van der Waals surface area (Å²) in [6.45, 7) is 5.46. The Morgan fingerprint density at radius 2 is 1.58 bits per heavy atom. The summed E-state index contributed by atoms with van der Waals surface area (Å²) >= 11 is 0. The number of benzene rings is 2. The quantitative estimate of drug-likeness (QED) is 0.826. The van der Waals surface area contributed by atoms with Crippen LogP contribution < -0.4 is 9.47 Å². The van der Waals surface area contributed by atoms with Crippen molar-refractivity contribution >= 4 is 0 Å². The Bertz CT molecular complexity index is 729. The molecule has 1 heterocycles. The fourth-order valence-electron chi connectivity index (χ4n) is 4.30. The van der Waals surface area contributed by atoms with Crippen LogP contribution in [0.2, 0.25) is 0 Å². The van der Waals surface area contributed by atoms with Crippen LogP contribution in [0.15, 0.2) is 42.5 Å². The van der Waals surface area contributed by atoms with Gasteiger partial charge in [0.2, 0.25) is 0 Å². The zero-order valence-corrected chi connectivity index (χ0v) is 15.8. The first-order valence-corrected chi connectivity index (χ1v) is 9.51. The van der Waals surface area contributed by atoms with E-state index in [4.69, 9.17) is 9.47 Å². The van der Waals surface area contributed by atoms with Gasteiger partial charge in [-0.3, -0.25) is 9.80 Å². The van der Waals surface area contributed by atoms with Gasteiger partial charge in [0.05, 0.1) is 14.2 Å². The topological polar surface area (TPSA) is 24.9 Å². The molecule has 0 radical (unpaired) electrons. The molecular weight excluding hydrogens is 324 g/mol. The monoisotopic (exact) mass is 352 g/mol. The second-order valence-corrected chi connectivity index (χ2v) is 7.32. The molecule has 0 spiro atoms. The van der Waals surface area contributed by atoms with Crippen molar-refractivity contribution in [2.45, 2.75) is 25.4 Å². The molecule has 26 heavy (non-hydrogen) atoms. The van der Waals surface area contributed by atoms with E-state index in [0.29, 0.717) is 6.04 Å². The van der Waals surface area contributed by atoms with Crippen LogP contribution in [0.3, 0.4) is 0 Å². The van der Waals surface area contributed by atoms with E-state index in [1.165, 1.54) is 18.4 Å². The molecular formula is C22H28N2O2. The van der Waals surface area contributed by atoms with E-state index in [-0.39, 0.29) is 0 Å². The Hall–Kier alpha value is -2.04. The first kappa shape index (κ1) is 17.4. The van der Waals surface area contributed by atoms with Crippen molar-refractivity contribution in [1.82, 2.24) is 9.80 Å². The van der Waals surface area contributed by atoms with Gasteiger partial charge in [0.25, 0.3) is 0 Å². The fourth-order valence-corrected chi connectivity index (χ4v) is 4.30. The van der Waals surface area contributed by atoms with Crippen molar-refractivity contribution in [3.8, 4) is 11.5 Å². The highest BCUT2D eigenvalue weighted by Gasteiger charge is 2.29. The fraction of sp³-hybridized carbons (Fsp3) is 0.455.